The minimum absolute atomic E-state index is 0.399. The fraction of sp³-hybridized carbons (Fsp3) is 0.583. The normalized spacial score (nSPS) is 22.4. The van der Waals surface area contributed by atoms with Gasteiger partial charge in [-0.05, 0) is 19.5 Å². The van der Waals surface area contributed by atoms with Gasteiger partial charge in [0.2, 0.25) is 5.95 Å². The van der Waals surface area contributed by atoms with Crippen molar-refractivity contribution in [3.8, 4) is 0 Å². The molecule has 4 heteroatoms. The third kappa shape index (κ3) is 2.32. The molecular weight excluding hydrogens is 205 g/mol. The smallest absolute Gasteiger partial charge is 0.214 e. The highest BCUT2D eigenvalue weighted by atomic mass is 19.1. The lowest BCUT2D eigenvalue weighted by molar-refractivity contribution is 0.213. The Labute approximate surface area is 95.9 Å². The Bertz CT molecular complexity index is 356. The molecule has 0 amide bonds. The molecule has 2 heterocycles. The molecule has 0 saturated carbocycles. The molecule has 1 aromatic rings. The maximum Gasteiger partial charge on any atom is 0.214 e. The Kier molecular flexibility index (Phi) is 3.39. The third-order valence-corrected chi connectivity index (χ3v) is 3.32. The maximum absolute atomic E-state index is 13.0. The summed E-state index contributed by atoms with van der Waals surface area (Å²) in [5.41, 5.74) is 0.944. The van der Waals surface area contributed by atoms with Crippen molar-refractivity contribution in [2.24, 2.45) is 0 Å². The number of halogens is 1. The van der Waals surface area contributed by atoms with Crippen molar-refractivity contribution in [3.05, 3.63) is 24.3 Å². The molecule has 0 aromatic carbocycles. The van der Waals surface area contributed by atoms with Gasteiger partial charge in [0.05, 0.1) is 0 Å². The highest BCUT2D eigenvalue weighted by Crippen LogP contribution is 2.19. The summed E-state index contributed by atoms with van der Waals surface area (Å²) in [7, 11) is 2.15. The van der Waals surface area contributed by atoms with Gasteiger partial charge in [-0.25, -0.2) is 4.98 Å². The summed E-state index contributed by atoms with van der Waals surface area (Å²) in [6.07, 6.45) is 2.66. The van der Waals surface area contributed by atoms with Crippen LogP contribution in [0.5, 0.6) is 0 Å². The van der Waals surface area contributed by atoms with E-state index >= 15 is 0 Å². The van der Waals surface area contributed by atoms with E-state index < -0.39 is 5.95 Å². The summed E-state index contributed by atoms with van der Waals surface area (Å²) in [5, 5.41) is 0. The van der Waals surface area contributed by atoms with Crippen LogP contribution in [0.25, 0.3) is 0 Å². The minimum atomic E-state index is -0.399. The van der Waals surface area contributed by atoms with Gasteiger partial charge >= 0.3 is 0 Å². The Morgan fingerprint density at radius 2 is 2.31 bits per heavy atom. The van der Waals surface area contributed by atoms with Crippen LogP contribution in [-0.2, 0) is 0 Å². The molecule has 1 atom stereocenters. The molecule has 0 N–H and O–H groups in total. The average molecular weight is 223 g/mol. The summed E-state index contributed by atoms with van der Waals surface area (Å²) in [6, 6.07) is 3.95. The van der Waals surface area contributed by atoms with E-state index in [2.05, 4.69) is 28.8 Å². The Hall–Kier alpha value is -1.16. The molecule has 16 heavy (non-hydrogen) atoms. The molecule has 1 aliphatic rings. The van der Waals surface area contributed by atoms with Crippen LogP contribution in [0.4, 0.5) is 10.1 Å². The summed E-state index contributed by atoms with van der Waals surface area (Å²) in [5.74, 6) is -0.399. The predicted octanol–water partition coefficient (Wildman–Crippen LogP) is 1.75. The summed E-state index contributed by atoms with van der Waals surface area (Å²) in [6.45, 7) is 5.15. The van der Waals surface area contributed by atoms with E-state index in [-0.39, 0.29) is 0 Å². The molecule has 0 bridgehead atoms. The second-order valence-electron chi connectivity index (χ2n) is 4.33. The van der Waals surface area contributed by atoms with Gasteiger partial charge in [-0.3, -0.25) is 4.90 Å². The zero-order chi connectivity index (χ0) is 11.5. The first kappa shape index (κ1) is 11.3. The Balaban J connectivity index is 2.11. The minimum Gasteiger partial charge on any atom is -0.369 e. The zero-order valence-electron chi connectivity index (χ0n) is 9.86. The largest absolute Gasteiger partial charge is 0.369 e. The monoisotopic (exact) mass is 223 g/mol. The van der Waals surface area contributed by atoms with Crippen LogP contribution in [0, 0.1) is 5.95 Å². The number of hydrogen-bond acceptors (Lipinski definition) is 3. The van der Waals surface area contributed by atoms with Crippen molar-refractivity contribution in [1.29, 1.82) is 0 Å². The average Bonchev–Trinajstić information content (AvgIpc) is 2.29. The standard InChI is InChI=1S/C12H18FN3/c1-3-10-9-16(7-6-15(10)2)11-4-5-14-12(13)8-11/h4-5,8,10H,3,6-7,9H2,1-2H3. The molecule has 1 fully saturated rings. The van der Waals surface area contributed by atoms with Crippen LogP contribution in [0.15, 0.2) is 18.3 Å². The zero-order valence-corrected chi connectivity index (χ0v) is 9.86. The van der Waals surface area contributed by atoms with E-state index in [9.17, 15) is 4.39 Å². The fourth-order valence-electron chi connectivity index (χ4n) is 2.21. The van der Waals surface area contributed by atoms with Crippen molar-refractivity contribution < 1.29 is 4.39 Å². The molecule has 1 saturated heterocycles. The second kappa shape index (κ2) is 4.78. The maximum atomic E-state index is 13.0. The SMILES string of the molecule is CCC1CN(c2ccnc(F)c2)CCN1C. The van der Waals surface area contributed by atoms with Crippen molar-refractivity contribution in [3.63, 3.8) is 0 Å². The third-order valence-electron chi connectivity index (χ3n) is 3.32. The lowest BCUT2D eigenvalue weighted by Gasteiger charge is -2.40. The van der Waals surface area contributed by atoms with E-state index in [0.717, 1.165) is 31.7 Å². The van der Waals surface area contributed by atoms with Gasteiger partial charge < -0.3 is 4.90 Å². The second-order valence-corrected chi connectivity index (χ2v) is 4.33. The van der Waals surface area contributed by atoms with Gasteiger partial charge in [-0.1, -0.05) is 6.92 Å². The predicted molar refractivity (Wildman–Crippen MR) is 63.1 cm³/mol. The topological polar surface area (TPSA) is 19.4 Å². The van der Waals surface area contributed by atoms with Crippen LogP contribution in [-0.4, -0.2) is 42.6 Å². The molecule has 3 nitrogen and oxygen atoms in total. The van der Waals surface area contributed by atoms with Crippen molar-refractivity contribution >= 4 is 5.69 Å². The van der Waals surface area contributed by atoms with Gasteiger partial charge in [-0.15, -0.1) is 0 Å². The van der Waals surface area contributed by atoms with Gasteiger partial charge in [-0.2, -0.15) is 4.39 Å². The molecule has 0 spiro atoms. The van der Waals surface area contributed by atoms with E-state index in [1.54, 1.807) is 0 Å². The Morgan fingerprint density at radius 1 is 1.50 bits per heavy atom. The fourth-order valence-corrected chi connectivity index (χ4v) is 2.21. The highest BCUT2D eigenvalue weighted by molar-refractivity contribution is 5.45. The number of piperazine rings is 1. The Morgan fingerprint density at radius 3 is 3.00 bits per heavy atom. The van der Waals surface area contributed by atoms with Crippen LogP contribution < -0.4 is 4.90 Å². The molecule has 88 valence electrons. The number of rotatable bonds is 2. The molecule has 1 aromatic heterocycles. The summed E-state index contributed by atoms with van der Waals surface area (Å²) < 4.78 is 13.0. The van der Waals surface area contributed by atoms with Crippen molar-refractivity contribution in [1.82, 2.24) is 9.88 Å². The van der Waals surface area contributed by atoms with Gasteiger partial charge in [0, 0.05) is 43.6 Å². The molecule has 1 unspecified atom stereocenters. The molecular formula is C12H18FN3. The number of pyridine rings is 1. The highest BCUT2D eigenvalue weighted by Gasteiger charge is 2.23. The van der Waals surface area contributed by atoms with Gasteiger partial charge in [0.25, 0.3) is 0 Å². The first-order valence-electron chi connectivity index (χ1n) is 5.77. The summed E-state index contributed by atoms with van der Waals surface area (Å²) >= 11 is 0. The van der Waals surface area contributed by atoms with Crippen molar-refractivity contribution in [2.45, 2.75) is 19.4 Å². The summed E-state index contributed by atoms with van der Waals surface area (Å²) in [4.78, 5) is 8.19. The number of aromatic nitrogens is 1. The quantitative estimate of drug-likeness (QED) is 0.712. The number of likely N-dealkylation sites (N-methyl/N-ethyl adjacent to an activating group) is 1. The van der Waals surface area contributed by atoms with Gasteiger partial charge in [0.1, 0.15) is 0 Å². The first-order chi connectivity index (χ1) is 7.70. The number of anilines is 1. The lowest BCUT2D eigenvalue weighted by Crippen LogP contribution is -2.51. The van der Waals surface area contributed by atoms with E-state index in [1.165, 1.54) is 12.3 Å². The van der Waals surface area contributed by atoms with Crippen LogP contribution in [0.1, 0.15) is 13.3 Å². The van der Waals surface area contributed by atoms with Gasteiger partial charge in [0.15, 0.2) is 0 Å². The molecule has 2 rings (SSSR count). The van der Waals surface area contributed by atoms with Crippen LogP contribution >= 0.6 is 0 Å². The number of hydrogen-bond donors (Lipinski definition) is 0. The molecule has 1 aliphatic heterocycles. The molecule has 0 aliphatic carbocycles. The lowest BCUT2D eigenvalue weighted by atomic mass is 10.1. The van der Waals surface area contributed by atoms with Crippen LogP contribution in [0.3, 0.4) is 0 Å². The van der Waals surface area contributed by atoms with E-state index in [1.807, 2.05) is 6.07 Å². The van der Waals surface area contributed by atoms with E-state index in [4.69, 9.17) is 0 Å². The first-order valence-corrected chi connectivity index (χ1v) is 5.77. The number of nitrogens with zero attached hydrogens (tertiary/aromatic N) is 3. The van der Waals surface area contributed by atoms with Crippen LogP contribution in [0.2, 0.25) is 0 Å². The van der Waals surface area contributed by atoms with Crippen molar-refractivity contribution in [2.75, 3.05) is 31.6 Å². The van der Waals surface area contributed by atoms with E-state index in [0.29, 0.717) is 6.04 Å². The molecule has 0 radical (unpaired) electrons.